The van der Waals surface area contributed by atoms with Gasteiger partial charge < -0.3 is 5.11 Å². The molecule has 19 heavy (non-hydrogen) atoms. The Bertz CT molecular complexity index is 581. The zero-order chi connectivity index (χ0) is 14.0. The van der Waals surface area contributed by atoms with Crippen molar-refractivity contribution in [3.05, 3.63) is 65.0 Å². The molecule has 0 saturated heterocycles. The Labute approximate surface area is 108 Å². The van der Waals surface area contributed by atoms with E-state index in [1.807, 2.05) is 0 Å². The minimum absolute atomic E-state index is 0.232. The molecule has 2 aromatic rings. The summed E-state index contributed by atoms with van der Waals surface area (Å²) in [5.74, 6) is 0. The Morgan fingerprint density at radius 2 is 1.79 bits per heavy atom. The van der Waals surface area contributed by atoms with Crippen molar-refractivity contribution in [1.82, 2.24) is 4.98 Å². The van der Waals surface area contributed by atoms with Crippen molar-refractivity contribution in [2.24, 2.45) is 0 Å². The van der Waals surface area contributed by atoms with Crippen LogP contribution in [0, 0.1) is 6.92 Å². The maximum Gasteiger partial charge on any atom is 0.416 e. The molecule has 0 spiro atoms. The van der Waals surface area contributed by atoms with Crippen LogP contribution in [0.3, 0.4) is 0 Å². The SMILES string of the molecule is Cc1ccccc1C(O)c1cnccc1C(F)(F)F. The van der Waals surface area contributed by atoms with E-state index in [1.54, 1.807) is 31.2 Å². The molecule has 2 rings (SSSR count). The van der Waals surface area contributed by atoms with Crippen LogP contribution in [-0.2, 0) is 6.18 Å². The number of alkyl halides is 3. The number of pyridine rings is 1. The first-order chi connectivity index (χ1) is 8.91. The largest absolute Gasteiger partial charge is 0.416 e. The van der Waals surface area contributed by atoms with Gasteiger partial charge in [0, 0.05) is 18.0 Å². The molecule has 1 aromatic carbocycles. The van der Waals surface area contributed by atoms with Crippen LogP contribution in [0.25, 0.3) is 0 Å². The molecule has 0 saturated carbocycles. The molecule has 100 valence electrons. The molecule has 2 nitrogen and oxygen atoms in total. The lowest BCUT2D eigenvalue weighted by atomic mass is 9.95. The van der Waals surface area contributed by atoms with Crippen LogP contribution in [0.15, 0.2) is 42.7 Å². The van der Waals surface area contributed by atoms with Crippen molar-refractivity contribution in [3.8, 4) is 0 Å². The number of hydrogen-bond donors (Lipinski definition) is 1. The number of aryl methyl sites for hydroxylation is 1. The lowest BCUT2D eigenvalue weighted by molar-refractivity contribution is -0.139. The number of rotatable bonds is 2. The number of benzene rings is 1. The maximum atomic E-state index is 12.9. The highest BCUT2D eigenvalue weighted by Crippen LogP contribution is 2.36. The van der Waals surface area contributed by atoms with Crippen molar-refractivity contribution >= 4 is 0 Å². The van der Waals surface area contributed by atoms with Crippen LogP contribution in [-0.4, -0.2) is 10.1 Å². The van der Waals surface area contributed by atoms with Gasteiger partial charge in [-0.25, -0.2) is 0 Å². The number of nitrogens with zero attached hydrogens (tertiary/aromatic N) is 1. The van der Waals surface area contributed by atoms with Gasteiger partial charge in [0.05, 0.1) is 5.56 Å². The summed E-state index contributed by atoms with van der Waals surface area (Å²) in [6, 6.07) is 7.65. The molecule has 0 aliphatic carbocycles. The average molecular weight is 267 g/mol. The fourth-order valence-corrected chi connectivity index (χ4v) is 1.94. The minimum Gasteiger partial charge on any atom is -0.384 e. The summed E-state index contributed by atoms with van der Waals surface area (Å²) in [6.07, 6.45) is -3.73. The molecule has 0 fully saturated rings. The van der Waals surface area contributed by atoms with E-state index in [0.29, 0.717) is 5.56 Å². The second-order valence-corrected chi connectivity index (χ2v) is 4.22. The van der Waals surface area contributed by atoms with E-state index in [2.05, 4.69) is 4.98 Å². The Kier molecular flexibility index (Phi) is 3.57. The lowest BCUT2D eigenvalue weighted by Gasteiger charge is -2.18. The van der Waals surface area contributed by atoms with Crippen molar-refractivity contribution in [1.29, 1.82) is 0 Å². The summed E-state index contributed by atoms with van der Waals surface area (Å²) >= 11 is 0. The van der Waals surface area contributed by atoms with E-state index in [1.165, 1.54) is 0 Å². The van der Waals surface area contributed by atoms with E-state index in [4.69, 9.17) is 0 Å². The van der Waals surface area contributed by atoms with E-state index in [0.717, 1.165) is 24.0 Å². The number of halogens is 3. The molecule has 0 radical (unpaired) electrons. The summed E-state index contributed by atoms with van der Waals surface area (Å²) < 4.78 is 38.7. The fraction of sp³-hybridized carbons (Fsp3) is 0.214. The molecule has 5 heteroatoms. The van der Waals surface area contributed by atoms with Gasteiger partial charge in [-0.3, -0.25) is 4.98 Å². The van der Waals surface area contributed by atoms with E-state index < -0.39 is 17.8 Å². The quantitative estimate of drug-likeness (QED) is 0.903. The van der Waals surface area contributed by atoms with Gasteiger partial charge in [0.1, 0.15) is 6.10 Å². The van der Waals surface area contributed by atoms with Crippen LogP contribution < -0.4 is 0 Å². The molecular formula is C14H12F3NO. The summed E-state index contributed by atoms with van der Waals surface area (Å²) in [6.45, 7) is 1.74. The maximum absolute atomic E-state index is 12.9. The van der Waals surface area contributed by atoms with E-state index in [-0.39, 0.29) is 5.56 Å². The van der Waals surface area contributed by atoms with Crippen LogP contribution in [0.4, 0.5) is 13.2 Å². The standard InChI is InChI=1S/C14H12F3NO/c1-9-4-2-3-5-10(9)13(19)11-8-18-7-6-12(11)14(15,16)17/h2-8,13,19H,1H3. The van der Waals surface area contributed by atoms with Gasteiger partial charge in [0.2, 0.25) is 0 Å². The third-order valence-corrected chi connectivity index (χ3v) is 2.93. The van der Waals surface area contributed by atoms with Crippen LogP contribution >= 0.6 is 0 Å². The highest BCUT2D eigenvalue weighted by molar-refractivity contribution is 5.38. The second-order valence-electron chi connectivity index (χ2n) is 4.22. The van der Waals surface area contributed by atoms with Crippen molar-refractivity contribution in [2.45, 2.75) is 19.2 Å². The minimum atomic E-state index is -4.51. The average Bonchev–Trinajstić information content (AvgIpc) is 2.37. The predicted molar refractivity (Wildman–Crippen MR) is 64.5 cm³/mol. The van der Waals surface area contributed by atoms with Gasteiger partial charge in [-0.2, -0.15) is 13.2 Å². The molecule has 0 amide bonds. The number of hydrogen-bond acceptors (Lipinski definition) is 2. The van der Waals surface area contributed by atoms with Crippen molar-refractivity contribution < 1.29 is 18.3 Å². The Hall–Kier alpha value is -1.88. The number of aliphatic hydroxyl groups is 1. The summed E-state index contributed by atoms with van der Waals surface area (Å²) in [5.41, 5.74) is 0.0792. The highest BCUT2D eigenvalue weighted by Gasteiger charge is 2.35. The van der Waals surface area contributed by atoms with Crippen LogP contribution in [0.5, 0.6) is 0 Å². The summed E-state index contributed by atoms with van der Waals surface area (Å²) in [4.78, 5) is 3.68. The Morgan fingerprint density at radius 3 is 2.42 bits per heavy atom. The predicted octanol–water partition coefficient (Wildman–Crippen LogP) is 3.49. The van der Waals surface area contributed by atoms with E-state index >= 15 is 0 Å². The topological polar surface area (TPSA) is 33.1 Å². The number of aliphatic hydroxyl groups excluding tert-OH is 1. The zero-order valence-electron chi connectivity index (χ0n) is 10.1. The molecule has 0 bridgehead atoms. The smallest absolute Gasteiger partial charge is 0.384 e. The monoisotopic (exact) mass is 267 g/mol. The van der Waals surface area contributed by atoms with E-state index in [9.17, 15) is 18.3 Å². The van der Waals surface area contributed by atoms with Gasteiger partial charge in [-0.1, -0.05) is 24.3 Å². The molecular weight excluding hydrogens is 255 g/mol. The second kappa shape index (κ2) is 5.01. The molecule has 1 N–H and O–H groups in total. The molecule has 1 heterocycles. The van der Waals surface area contributed by atoms with Crippen molar-refractivity contribution in [3.63, 3.8) is 0 Å². The van der Waals surface area contributed by atoms with Gasteiger partial charge >= 0.3 is 6.18 Å². The highest BCUT2D eigenvalue weighted by atomic mass is 19.4. The van der Waals surface area contributed by atoms with Gasteiger partial charge in [-0.15, -0.1) is 0 Å². The zero-order valence-corrected chi connectivity index (χ0v) is 10.1. The van der Waals surface area contributed by atoms with Gasteiger partial charge in [0.15, 0.2) is 0 Å². The molecule has 1 unspecified atom stereocenters. The van der Waals surface area contributed by atoms with Gasteiger partial charge in [0.25, 0.3) is 0 Å². The molecule has 0 aliphatic heterocycles. The third-order valence-electron chi connectivity index (χ3n) is 2.93. The fourth-order valence-electron chi connectivity index (χ4n) is 1.94. The summed E-state index contributed by atoms with van der Waals surface area (Å²) in [5, 5.41) is 10.2. The Morgan fingerprint density at radius 1 is 1.11 bits per heavy atom. The summed E-state index contributed by atoms with van der Waals surface area (Å²) in [7, 11) is 0. The lowest BCUT2D eigenvalue weighted by Crippen LogP contribution is -2.13. The molecule has 1 aromatic heterocycles. The number of aromatic nitrogens is 1. The molecule has 0 aliphatic rings. The van der Waals surface area contributed by atoms with Crippen LogP contribution in [0.1, 0.15) is 28.4 Å². The normalized spacial score (nSPS) is 13.3. The Balaban J connectivity index is 2.51. The first-order valence-corrected chi connectivity index (χ1v) is 5.66. The van der Waals surface area contributed by atoms with Crippen LogP contribution in [0.2, 0.25) is 0 Å². The third kappa shape index (κ3) is 2.76. The van der Waals surface area contributed by atoms with Gasteiger partial charge in [-0.05, 0) is 24.1 Å². The first-order valence-electron chi connectivity index (χ1n) is 5.66. The molecule has 1 atom stereocenters. The van der Waals surface area contributed by atoms with Crippen molar-refractivity contribution in [2.75, 3.05) is 0 Å². The first kappa shape index (κ1) is 13.5.